The number of nitrogens with one attached hydrogen (secondary N) is 1. The molecular weight excluding hydrogens is 296 g/mol. The van der Waals surface area contributed by atoms with Gasteiger partial charge in [-0.3, -0.25) is 4.79 Å². The summed E-state index contributed by atoms with van der Waals surface area (Å²) in [5.74, 6) is 0.520. The summed E-state index contributed by atoms with van der Waals surface area (Å²) in [5, 5.41) is 3.45. The number of likely N-dealkylation sites (tertiary alicyclic amines) is 1. The highest BCUT2D eigenvalue weighted by molar-refractivity contribution is 5.97. The summed E-state index contributed by atoms with van der Waals surface area (Å²) in [6.07, 6.45) is 3.10. The van der Waals surface area contributed by atoms with E-state index < -0.39 is 0 Å². The van der Waals surface area contributed by atoms with Gasteiger partial charge in [0.25, 0.3) is 0 Å². The number of carbonyl (C=O) groups is 1. The van der Waals surface area contributed by atoms with E-state index in [2.05, 4.69) is 34.5 Å². The molecule has 1 aliphatic heterocycles. The first-order chi connectivity index (χ1) is 11.8. The Labute approximate surface area is 144 Å². The van der Waals surface area contributed by atoms with Crippen molar-refractivity contribution in [3.05, 3.63) is 66.2 Å². The lowest BCUT2D eigenvalue weighted by Gasteiger charge is -2.31. The quantitative estimate of drug-likeness (QED) is 0.616. The van der Waals surface area contributed by atoms with Crippen LogP contribution in [0.2, 0.25) is 0 Å². The molecule has 0 amide bonds. The predicted octanol–water partition coefficient (Wildman–Crippen LogP) is 4.08. The highest BCUT2D eigenvalue weighted by Gasteiger charge is 2.25. The zero-order chi connectivity index (χ0) is 16.6. The first-order valence-corrected chi connectivity index (χ1v) is 8.93. The Morgan fingerprint density at radius 1 is 0.958 bits per heavy atom. The maximum absolute atomic E-state index is 12.5. The van der Waals surface area contributed by atoms with Gasteiger partial charge in [-0.25, -0.2) is 0 Å². The zero-order valence-corrected chi connectivity index (χ0v) is 14.2. The Morgan fingerprint density at radius 3 is 2.25 bits per heavy atom. The van der Waals surface area contributed by atoms with Gasteiger partial charge in [0.2, 0.25) is 0 Å². The lowest BCUT2D eigenvalue weighted by molar-refractivity contribution is 0.0840. The maximum atomic E-state index is 12.5. The van der Waals surface area contributed by atoms with E-state index in [1.54, 1.807) is 0 Å². The number of para-hydroxylation sites is 1. The number of anilines is 1. The van der Waals surface area contributed by atoms with Gasteiger partial charge in [0.05, 0.1) is 0 Å². The van der Waals surface area contributed by atoms with Crippen LogP contribution >= 0.6 is 0 Å². The summed E-state index contributed by atoms with van der Waals surface area (Å²) >= 11 is 0. The van der Waals surface area contributed by atoms with Gasteiger partial charge in [0.15, 0.2) is 5.78 Å². The molecule has 0 bridgehead atoms. The van der Waals surface area contributed by atoms with E-state index in [0.717, 1.165) is 51.0 Å². The van der Waals surface area contributed by atoms with Crippen molar-refractivity contribution in [1.82, 2.24) is 4.90 Å². The van der Waals surface area contributed by atoms with E-state index in [-0.39, 0.29) is 5.92 Å². The molecule has 126 valence electrons. The van der Waals surface area contributed by atoms with E-state index >= 15 is 0 Å². The number of Topliss-reactive ketones (excluding diaryl/α,β-unsaturated/α-hetero) is 1. The van der Waals surface area contributed by atoms with Crippen LogP contribution in [0.5, 0.6) is 0 Å². The Balaban J connectivity index is 1.36. The van der Waals surface area contributed by atoms with Gasteiger partial charge in [0.1, 0.15) is 0 Å². The van der Waals surface area contributed by atoms with Crippen LogP contribution in [0.25, 0.3) is 0 Å². The number of hydrogen-bond donors (Lipinski definition) is 1. The average molecular weight is 322 g/mol. The van der Waals surface area contributed by atoms with Crippen LogP contribution in [0.1, 0.15) is 29.6 Å². The molecule has 1 heterocycles. The fourth-order valence-corrected chi connectivity index (χ4v) is 3.35. The lowest BCUT2D eigenvalue weighted by atomic mass is 9.89. The zero-order valence-electron chi connectivity index (χ0n) is 14.2. The Hall–Kier alpha value is -2.13. The second kappa shape index (κ2) is 8.65. The van der Waals surface area contributed by atoms with E-state index in [0.29, 0.717) is 5.78 Å². The molecule has 0 atom stereocenters. The molecule has 3 heteroatoms. The largest absolute Gasteiger partial charge is 0.385 e. The number of ketones is 1. The standard InChI is InChI=1S/C21H26N2O/c24-21(18-8-3-1-4-9-18)19-12-16-23(17-13-19)15-7-14-22-20-10-5-2-6-11-20/h1-6,8-11,19,22H,7,12-17H2. The molecule has 2 aromatic carbocycles. The minimum atomic E-state index is 0.200. The molecule has 0 aromatic heterocycles. The number of carbonyl (C=O) groups excluding carboxylic acids is 1. The fourth-order valence-electron chi connectivity index (χ4n) is 3.35. The minimum Gasteiger partial charge on any atom is -0.385 e. The molecular formula is C21H26N2O. The minimum absolute atomic E-state index is 0.200. The summed E-state index contributed by atoms with van der Waals surface area (Å²) in [6.45, 7) is 4.17. The monoisotopic (exact) mass is 322 g/mol. The van der Waals surface area contributed by atoms with Crippen molar-refractivity contribution in [3.8, 4) is 0 Å². The Bertz CT molecular complexity index is 619. The molecule has 0 radical (unpaired) electrons. The Morgan fingerprint density at radius 2 is 1.58 bits per heavy atom. The van der Waals surface area contributed by atoms with Gasteiger partial charge in [-0.2, -0.15) is 0 Å². The average Bonchev–Trinajstić information content (AvgIpc) is 2.67. The van der Waals surface area contributed by atoms with Crippen LogP contribution < -0.4 is 5.32 Å². The second-order valence-corrected chi connectivity index (χ2v) is 6.49. The Kier molecular flexibility index (Phi) is 6.02. The van der Waals surface area contributed by atoms with E-state index in [9.17, 15) is 4.79 Å². The third-order valence-corrected chi connectivity index (χ3v) is 4.77. The number of benzene rings is 2. The predicted molar refractivity (Wildman–Crippen MR) is 99.5 cm³/mol. The van der Waals surface area contributed by atoms with Crippen LogP contribution in [0.4, 0.5) is 5.69 Å². The number of piperidine rings is 1. The maximum Gasteiger partial charge on any atom is 0.166 e. The summed E-state index contributed by atoms with van der Waals surface area (Å²) in [6, 6.07) is 20.1. The van der Waals surface area contributed by atoms with Gasteiger partial charge in [-0.05, 0) is 51.0 Å². The summed E-state index contributed by atoms with van der Waals surface area (Å²) in [5.41, 5.74) is 2.05. The number of rotatable bonds is 7. The molecule has 1 aliphatic rings. The summed E-state index contributed by atoms with van der Waals surface area (Å²) < 4.78 is 0. The van der Waals surface area contributed by atoms with Crippen molar-refractivity contribution < 1.29 is 4.79 Å². The molecule has 24 heavy (non-hydrogen) atoms. The van der Waals surface area contributed by atoms with Gasteiger partial charge >= 0.3 is 0 Å². The van der Waals surface area contributed by atoms with E-state index in [4.69, 9.17) is 0 Å². The van der Waals surface area contributed by atoms with Crippen LogP contribution in [0, 0.1) is 5.92 Å². The third-order valence-electron chi connectivity index (χ3n) is 4.77. The molecule has 0 aliphatic carbocycles. The molecule has 0 saturated carbocycles. The molecule has 0 spiro atoms. The van der Waals surface area contributed by atoms with Crippen molar-refractivity contribution in [2.24, 2.45) is 5.92 Å². The van der Waals surface area contributed by atoms with Crippen molar-refractivity contribution in [3.63, 3.8) is 0 Å². The molecule has 0 unspecified atom stereocenters. The van der Waals surface area contributed by atoms with Gasteiger partial charge in [0, 0.05) is 23.7 Å². The highest BCUT2D eigenvalue weighted by atomic mass is 16.1. The summed E-state index contributed by atoms with van der Waals surface area (Å²) in [7, 11) is 0. The van der Waals surface area contributed by atoms with E-state index in [1.165, 1.54) is 5.69 Å². The second-order valence-electron chi connectivity index (χ2n) is 6.49. The van der Waals surface area contributed by atoms with Crippen molar-refractivity contribution in [2.75, 3.05) is 31.5 Å². The van der Waals surface area contributed by atoms with Crippen LogP contribution in [-0.2, 0) is 0 Å². The van der Waals surface area contributed by atoms with Gasteiger partial charge < -0.3 is 10.2 Å². The number of hydrogen-bond acceptors (Lipinski definition) is 3. The fraction of sp³-hybridized carbons (Fsp3) is 0.381. The van der Waals surface area contributed by atoms with E-state index in [1.807, 2.05) is 36.4 Å². The lowest BCUT2D eigenvalue weighted by Crippen LogP contribution is -2.37. The SMILES string of the molecule is O=C(c1ccccc1)C1CCN(CCCNc2ccccc2)CC1. The van der Waals surface area contributed by atoms with Gasteiger partial charge in [-0.15, -0.1) is 0 Å². The molecule has 3 nitrogen and oxygen atoms in total. The van der Waals surface area contributed by atoms with Crippen molar-refractivity contribution in [1.29, 1.82) is 0 Å². The number of nitrogens with zero attached hydrogens (tertiary/aromatic N) is 1. The molecule has 1 saturated heterocycles. The third kappa shape index (κ3) is 4.68. The molecule has 2 aromatic rings. The van der Waals surface area contributed by atoms with Crippen molar-refractivity contribution >= 4 is 11.5 Å². The first kappa shape index (κ1) is 16.7. The van der Waals surface area contributed by atoms with Crippen LogP contribution in [0.15, 0.2) is 60.7 Å². The van der Waals surface area contributed by atoms with Crippen LogP contribution in [0.3, 0.4) is 0 Å². The normalized spacial score (nSPS) is 16.0. The summed E-state index contributed by atoms with van der Waals surface area (Å²) in [4.78, 5) is 15.0. The molecule has 1 fully saturated rings. The first-order valence-electron chi connectivity index (χ1n) is 8.93. The van der Waals surface area contributed by atoms with Crippen molar-refractivity contribution in [2.45, 2.75) is 19.3 Å². The molecule has 3 rings (SSSR count). The highest BCUT2D eigenvalue weighted by Crippen LogP contribution is 2.21. The van der Waals surface area contributed by atoms with Crippen LogP contribution in [-0.4, -0.2) is 36.9 Å². The van der Waals surface area contributed by atoms with Gasteiger partial charge in [-0.1, -0.05) is 48.5 Å². The topological polar surface area (TPSA) is 32.3 Å². The smallest absolute Gasteiger partial charge is 0.166 e. The molecule has 1 N–H and O–H groups in total.